The van der Waals surface area contributed by atoms with Gasteiger partial charge in [-0.2, -0.15) is 0 Å². The van der Waals surface area contributed by atoms with Gasteiger partial charge in [0.1, 0.15) is 35.9 Å². The molecule has 0 spiro atoms. The maximum absolute atomic E-state index is 14.2. The summed E-state index contributed by atoms with van der Waals surface area (Å²) >= 11 is 0. The summed E-state index contributed by atoms with van der Waals surface area (Å²) < 4.78 is 14.2. The Morgan fingerprint density at radius 2 is 1.75 bits per heavy atom. The molecule has 0 fully saturated rings. The van der Waals surface area contributed by atoms with Crippen molar-refractivity contribution in [1.29, 1.82) is 0 Å². The minimum absolute atomic E-state index is 0.225. The Kier molecular flexibility index (Phi) is 5.10. The van der Waals surface area contributed by atoms with Crippen molar-refractivity contribution >= 4 is 39.3 Å². The zero-order valence-electron chi connectivity index (χ0n) is 17.8. The molecule has 0 atom stereocenters. The molecule has 0 amide bonds. The minimum Gasteiger partial charge on any atom is -0.370 e. The van der Waals surface area contributed by atoms with Crippen molar-refractivity contribution in [3.8, 4) is 0 Å². The fourth-order valence-corrected chi connectivity index (χ4v) is 4.02. The molecular weight excluding hydrogens is 405 g/mol. The molecule has 2 aromatic carbocycles. The van der Waals surface area contributed by atoms with Crippen molar-refractivity contribution < 1.29 is 4.39 Å². The fraction of sp³-hybridized carbons (Fsp3) is 0.167. The summed E-state index contributed by atoms with van der Waals surface area (Å²) in [5.74, 6) is 1.79. The lowest BCUT2D eigenvalue weighted by atomic mass is 10.0. The zero-order chi connectivity index (χ0) is 22.1. The average Bonchev–Trinajstić information content (AvgIpc) is 3.14. The van der Waals surface area contributed by atoms with E-state index in [2.05, 4.69) is 35.6 Å². The third-order valence-electron chi connectivity index (χ3n) is 5.57. The molecule has 0 unspecified atom stereocenters. The van der Waals surface area contributed by atoms with Crippen molar-refractivity contribution in [2.24, 2.45) is 0 Å². The molecule has 0 aliphatic heterocycles. The number of hydrogen-bond donors (Lipinski definition) is 3. The highest BCUT2D eigenvalue weighted by molar-refractivity contribution is 5.90. The lowest BCUT2D eigenvalue weighted by Gasteiger charge is -2.10. The summed E-state index contributed by atoms with van der Waals surface area (Å²) in [6, 6.07) is 13.0. The van der Waals surface area contributed by atoms with E-state index in [4.69, 9.17) is 0 Å². The van der Waals surface area contributed by atoms with Gasteiger partial charge in [0.2, 0.25) is 0 Å². The van der Waals surface area contributed by atoms with Crippen molar-refractivity contribution in [3.63, 3.8) is 0 Å². The standard InChI is InChI=1S/C24H22FN7/c1-14-7-8-18(25)23-22(14)16(15(2)31-23)9-10-26-20-11-21(29-13-28-20)32-24-17-5-3-4-6-19(17)27-12-30-24/h3-8,11-13,31H,9-10H2,1-2H3,(H2,26,27,28,29,30,32). The van der Waals surface area contributed by atoms with E-state index in [0.717, 1.165) is 39.5 Å². The molecule has 7 nitrogen and oxygen atoms in total. The predicted molar refractivity (Wildman–Crippen MR) is 125 cm³/mol. The van der Waals surface area contributed by atoms with Crippen molar-refractivity contribution in [2.75, 3.05) is 17.2 Å². The van der Waals surface area contributed by atoms with Crippen LogP contribution < -0.4 is 10.6 Å². The summed E-state index contributed by atoms with van der Waals surface area (Å²) in [4.78, 5) is 20.4. The third-order valence-corrected chi connectivity index (χ3v) is 5.57. The quantitative estimate of drug-likeness (QED) is 0.351. The number of benzene rings is 2. The number of fused-ring (bicyclic) bond motifs is 2. The molecule has 0 radical (unpaired) electrons. The number of anilines is 3. The smallest absolute Gasteiger partial charge is 0.147 e. The first-order valence-electron chi connectivity index (χ1n) is 10.4. The first kappa shape index (κ1) is 19.9. The van der Waals surface area contributed by atoms with Gasteiger partial charge in [-0.25, -0.2) is 24.3 Å². The Morgan fingerprint density at radius 1 is 0.938 bits per heavy atom. The summed E-state index contributed by atoms with van der Waals surface area (Å²) in [5, 5.41) is 8.47. The second kappa shape index (κ2) is 8.22. The fourth-order valence-electron chi connectivity index (χ4n) is 4.02. The van der Waals surface area contributed by atoms with Crippen LogP contribution in [-0.4, -0.2) is 31.5 Å². The largest absolute Gasteiger partial charge is 0.370 e. The molecule has 3 heterocycles. The number of halogens is 1. The Labute approximate surface area is 184 Å². The van der Waals surface area contributed by atoms with Crippen LogP contribution in [0.4, 0.5) is 21.8 Å². The van der Waals surface area contributed by atoms with Crippen LogP contribution in [0.5, 0.6) is 0 Å². The van der Waals surface area contributed by atoms with Crippen molar-refractivity contribution in [1.82, 2.24) is 24.9 Å². The van der Waals surface area contributed by atoms with Crippen LogP contribution in [0, 0.1) is 19.7 Å². The number of hydrogen-bond acceptors (Lipinski definition) is 6. The van der Waals surface area contributed by atoms with E-state index in [1.54, 1.807) is 0 Å². The van der Waals surface area contributed by atoms with Gasteiger partial charge in [-0.05, 0) is 49.6 Å². The van der Waals surface area contributed by atoms with Gasteiger partial charge >= 0.3 is 0 Å². The molecular formula is C24H22FN7. The Morgan fingerprint density at radius 3 is 2.66 bits per heavy atom. The number of para-hydroxylation sites is 1. The van der Waals surface area contributed by atoms with Crippen LogP contribution in [0.15, 0.2) is 55.1 Å². The lowest BCUT2D eigenvalue weighted by Crippen LogP contribution is -2.08. The number of aryl methyl sites for hydroxylation is 2. The second-order valence-corrected chi connectivity index (χ2v) is 7.67. The van der Waals surface area contributed by atoms with E-state index in [9.17, 15) is 4.39 Å². The summed E-state index contributed by atoms with van der Waals surface area (Å²) in [6.45, 7) is 4.63. The lowest BCUT2D eigenvalue weighted by molar-refractivity contribution is 0.637. The van der Waals surface area contributed by atoms with Gasteiger partial charge in [0.25, 0.3) is 0 Å². The number of nitrogens with one attached hydrogen (secondary N) is 3. The maximum atomic E-state index is 14.2. The number of H-pyrrole nitrogens is 1. The van der Waals surface area contributed by atoms with Gasteiger partial charge in [0.15, 0.2) is 0 Å². The van der Waals surface area contributed by atoms with Crippen molar-refractivity contribution in [2.45, 2.75) is 20.3 Å². The zero-order valence-corrected chi connectivity index (χ0v) is 17.8. The van der Waals surface area contributed by atoms with Gasteiger partial charge < -0.3 is 15.6 Å². The van der Waals surface area contributed by atoms with E-state index in [0.29, 0.717) is 29.5 Å². The number of aromatic amines is 1. The highest BCUT2D eigenvalue weighted by atomic mass is 19.1. The van der Waals surface area contributed by atoms with Gasteiger partial charge in [0, 0.05) is 29.1 Å². The molecule has 3 aromatic heterocycles. The van der Waals surface area contributed by atoms with Crippen LogP contribution in [0.25, 0.3) is 21.8 Å². The molecule has 5 rings (SSSR count). The number of rotatable bonds is 6. The van der Waals surface area contributed by atoms with E-state index in [-0.39, 0.29) is 5.82 Å². The van der Waals surface area contributed by atoms with Gasteiger partial charge in [-0.1, -0.05) is 18.2 Å². The van der Waals surface area contributed by atoms with Gasteiger partial charge in [0.05, 0.1) is 11.0 Å². The molecule has 3 N–H and O–H groups in total. The molecule has 0 bridgehead atoms. The molecule has 160 valence electrons. The molecule has 8 heteroatoms. The van der Waals surface area contributed by atoms with E-state index in [1.165, 1.54) is 18.7 Å². The Hall–Kier alpha value is -4.07. The predicted octanol–water partition coefficient (Wildman–Crippen LogP) is 5.06. The minimum atomic E-state index is -0.225. The first-order valence-corrected chi connectivity index (χ1v) is 10.4. The van der Waals surface area contributed by atoms with E-state index in [1.807, 2.05) is 50.2 Å². The molecule has 0 aliphatic carbocycles. The van der Waals surface area contributed by atoms with Crippen LogP contribution in [-0.2, 0) is 6.42 Å². The van der Waals surface area contributed by atoms with E-state index >= 15 is 0 Å². The molecule has 0 saturated carbocycles. The number of aromatic nitrogens is 5. The molecule has 5 aromatic rings. The summed E-state index contributed by atoms with van der Waals surface area (Å²) in [7, 11) is 0. The van der Waals surface area contributed by atoms with E-state index < -0.39 is 0 Å². The maximum Gasteiger partial charge on any atom is 0.147 e. The Bertz CT molecular complexity index is 1420. The monoisotopic (exact) mass is 427 g/mol. The van der Waals surface area contributed by atoms with Crippen LogP contribution in [0.3, 0.4) is 0 Å². The molecule has 0 aliphatic rings. The highest BCUT2D eigenvalue weighted by Gasteiger charge is 2.14. The van der Waals surface area contributed by atoms with Gasteiger partial charge in [-0.15, -0.1) is 0 Å². The van der Waals surface area contributed by atoms with Gasteiger partial charge in [-0.3, -0.25) is 0 Å². The highest BCUT2D eigenvalue weighted by Crippen LogP contribution is 2.28. The van der Waals surface area contributed by atoms with Crippen molar-refractivity contribution in [3.05, 3.63) is 77.8 Å². The molecule has 32 heavy (non-hydrogen) atoms. The van der Waals surface area contributed by atoms with Crippen LogP contribution >= 0.6 is 0 Å². The summed E-state index contributed by atoms with van der Waals surface area (Å²) in [6.07, 6.45) is 3.77. The number of nitrogens with zero attached hydrogens (tertiary/aromatic N) is 4. The third kappa shape index (κ3) is 3.71. The molecule has 0 saturated heterocycles. The van der Waals surface area contributed by atoms with Crippen LogP contribution in [0.1, 0.15) is 16.8 Å². The topological polar surface area (TPSA) is 91.4 Å². The van der Waals surface area contributed by atoms with Crippen LogP contribution in [0.2, 0.25) is 0 Å². The second-order valence-electron chi connectivity index (χ2n) is 7.67. The Balaban J connectivity index is 1.32. The summed E-state index contributed by atoms with van der Waals surface area (Å²) in [5.41, 5.74) is 4.59. The average molecular weight is 427 g/mol. The SMILES string of the molecule is Cc1[nH]c2c(F)ccc(C)c2c1CCNc1cc(Nc2ncnc3ccccc23)ncn1. The first-order chi connectivity index (χ1) is 15.6. The normalized spacial score (nSPS) is 11.2.